The van der Waals surface area contributed by atoms with Gasteiger partial charge in [0.1, 0.15) is 13.4 Å². The van der Waals surface area contributed by atoms with Crippen LogP contribution in [0.15, 0.2) is 60.1 Å². The van der Waals surface area contributed by atoms with Gasteiger partial charge in [-0.25, -0.2) is 0 Å². The molecule has 4 heteroatoms. The summed E-state index contributed by atoms with van der Waals surface area (Å²) in [6, 6.07) is 8.07. The second kappa shape index (κ2) is 8.35. The van der Waals surface area contributed by atoms with Gasteiger partial charge in [0.25, 0.3) is 5.91 Å². The van der Waals surface area contributed by atoms with E-state index in [1.54, 1.807) is 6.08 Å². The lowest BCUT2D eigenvalue weighted by molar-refractivity contribution is -0.123. The van der Waals surface area contributed by atoms with Crippen LogP contribution >= 0.6 is 0 Å². The van der Waals surface area contributed by atoms with Crippen molar-refractivity contribution in [1.82, 2.24) is 5.32 Å². The minimum absolute atomic E-state index is 0.136. The molecule has 0 aliphatic carbocycles. The van der Waals surface area contributed by atoms with Crippen LogP contribution in [0.5, 0.6) is 0 Å². The number of amides is 1. The summed E-state index contributed by atoms with van der Waals surface area (Å²) >= 11 is 0. The second-order valence-corrected chi connectivity index (χ2v) is 6.20. The molecular formula is C21H27BN2O. The molecular weight excluding hydrogens is 307 g/mol. The lowest BCUT2D eigenvalue weighted by Crippen LogP contribution is -2.47. The standard InChI is InChI=1S/C19H21BN2O.C2H6/c1-3-15(10-9-14(2)20)13-22-17-8-5-4-7-16(17)19(18(22)23)11-6-12-21-19;1-2/h3-5,7-10,21H,1,6,11-13H2,2H3;1-2H3/b14-9+,15-10+;. The van der Waals surface area contributed by atoms with E-state index < -0.39 is 5.54 Å². The van der Waals surface area contributed by atoms with Gasteiger partial charge in [-0.1, -0.05) is 63.8 Å². The molecule has 1 aromatic rings. The fraction of sp³-hybridized carbons (Fsp3) is 0.381. The van der Waals surface area contributed by atoms with Crippen LogP contribution in [-0.4, -0.2) is 26.8 Å². The molecule has 2 heterocycles. The molecule has 1 saturated heterocycles. The molecule has 1 amide bonds. The summed E-state index contributed by atoms with van der Waals surface area (Å²) in [6.07, 6.45) is 7.42. The molecule has 1 N–H and O–H groups in total. The number of rotatable bonds is 4. The second-order valence-electron chi connectivity index (χ2n) is 6.20. The van der Waals surface area contributed by atoms with Crippen molar-refractivity contribution in [2.24, 2.45) is 0 Å². The lowest BCUT2D eigenvalue weighted by Gasteiger charge is -2.24. The summed E-state index contributed by atoms with van der Waals surface area (Å²) in [6.45, 7) is 11.1. The zero-order valence-corrected chi connectivity index (χ0v) is 15.5. The van der Waals surface area contributed by atoms with Gasteiger partial charge in [-0.2, -0.15) is 0 Å². The molecule has 25 heavy (non-hydrogen) atoms. The number of para-hydroxylation sites is 1. The molecule has 1 fully saturated rings. The number of nitrogens with one attached hydrogen (secondary N) is 1. The van der Waals surface area contributed by atoms with E-state index in [0.29, 0.717) is 6.54 Å². The maximum absolute atomic E-state index is 13.1. The highest BCUT2D eigenvalue weighted by Crippen LogP contribution is 2.45. The molecule has 0 bridgehead atoms. The molecule has 3 rings (SSSR count). The predicted molar refractivity (Wildman–Crippen MR) is 107 cm³/mol. The Labute approximate surface area is 152 Å². The first-order valence-corrected chi connectivity index (χ1v) is 9.00. The van der Waals surface area contributed by atoms with Gasteiger partial charge in [0.05, 0.1) is 6.54 Å². The Morgan fingerprint density at radius 1 is 1.36 bits per heavy atom. The van der Waals surface area contributed by atoms with Crippen LogP contribution in [0.2, 0.25) is 0 Å². The molecule has 130 valence electrons. The van der Waals surface area contributed by atoms with E-state index in [1.165, 1.54) is 0 Å². The number of fused-ring (bicyclic) bond motifs is 2. The summed E-state index contributed by atoms with van der Waals surface area (Å²) in [5, 5.41) is 3.44. The highest BCUT2D eigenvalue weighted by atomic mass is 16.2. The van der Waals surface area contributed by atoms with Crippen LogP contribution in [0.25, 0.3) is 0 Å². The first kappa shape index (κ1) is 19.3. The average molecular weight is 334 g/mol. The molecule has 2 radical (unpaired) electrons. The largest absolute Gasteiger partial charge is 0.306 e. The number of carbonyl (C=O) groups is 1. The van der Waals surface area contributed by atoms with E-state index in [9.17, 15) is 4.79 Å². The number of carbonyl (C=O) groups excluding carboxylic acids is 1. The van der Waals surface area contributed by atoms with Crippen LogP contribution in [0, 0.1) is 0 Å². The van der Waals surface area contributed by atoms with Crippen molar-refractivity contribution in [2.75, 3.05) is 18.0 Å². The van der Waals surface area contributed by atoms with Crippen molar-refractivity contribution in [3.8, 4) is 0 Å². The summed E-state index contributed by atoms with van der Waals surface area (Å²) in [4.78, 5) is 15.0. The fourth-order valence-electron chi connectivity index (χ4n) is 3.44. The van der Waals surface area contributed by atoms with Gasteiger partial charge in [-0.15, -0.1) is 5.47 Å². The van der Waals surface area contributed by atoms with Gasteiger partial charge < -0.3 is 4.90 Å². The highest BCUT2D eigenvalue weighted by molar-refractivity contribution is 6.21. The zero-order valence-electron chi connectivity index (χ0n) is 15.5. The number of hydrogen-bond donors (Lipinski definition) is 1. The Hall–Kier alpha value is -2.07. The average Bonchev–Trinajstić information content (AvgIpc) is 3.21. The highest BCUT2D eigenvalue weighted by Gasteiger charge is 2.51. The van der Waals surface area contributed by atoms with Gasteiger partial charge in [-0.3, -0.25) is 10.1 Å². The van der Waals surface area contributed by atoms with Crippen molar-refractivity contribution in [1.29, 1.82) is 0 Å². The van der Waals surface area contributed by atoms with Crippen molar-refractivity contribution >= 4 is 19.4 Å². The molecule has 1 atom stereocenters. The lowest BCUT2D eigenvalue weighted by atomic mass is 9.90. The zero-order chi connectivity index (χ0) is 18.4. The monoisotopic (exact) mass is 334 g/mol. The minimum Gasteiger partial charge on any atom is -0.306 e. The van der Waals surface area contributed by atoms with E-state index in [4.69, 9.17) is 7.85 Å². The quantitative estimate of drug-likeness (QED) is 0.671. The topological polar surface area (TPSA) is 32.3 Å². The molecule has 2 aliphatic rings. The van der Waals surface area contributed by atoms with E-state index >= 15 is 0 Å². The first-order valence-electron chi connectivity index (χ1n) is 9.00. The van der Waals surface area contributed by atoms with Crippen LogP contribution in [0.4, 0.5) is 5.69 Å². The Kier molecular flexibility index (Phi) is 6.43. The number of nitrogens with zero attached hydrogens (tertiary/aromatic N) is 1. The van der Waals surface area contributed by atoms with Crippen LogP contribution in [-0.2, 0) is 10.3 Å². The Bertz CT molecular complexity index is 696. The Morgan fingerprint density at radius 2 is 2.08 bits per heavy atom. The Morgan fingerprint density at radius 3 is 2.68 bits per heavy atom. The summed E-state index contributed by atoms with van der Waals surface area (Å²) in [7, 11) is 5.69. The third-order valence-electron chi connectivity index (χ3n) is 4.58. The predicted octanol–water partition coefficient (Wildman–Crippen LogP) is 3.82. The normalized spacial score (nSPS) is 22.7. The van der Waals surface area contributed by atoms with Crippen molar-refractivity contribution in [3.05, 3.63) is 65.7 Å². The van der Waals surface area contributed by atoms with Crippen LogP contribution in [0.3, 0.4) is 0 Å². The molecule has 3 nitrogen and oxygen atoms in total. The number of benzene rings is 1. The molecule has 2 aliphatic heterocycles. The van der Waals surface area contributed by atoms with Gasteiger partial charge in [-0.05, 0) is 31.0 Å². The molecule has 1 unspecified atom stereocenters. The maximum Gasteiger partial charge on any atom is 0.252 e. The van der Waals surface area contributed by atoms with E-state index in [0.717, 1.165) is 41.7 Å². The summed E-state index contributed by atoms with van der Waals surface area (Å²) < 4.78 is 0. The maximum atomic E-state index is 13.1. The minimum atomic E-state index is -0.539. The smallest absolute Gasteiger partial charge is 0.252 e. The van der Waals surface area contributed by atoms with E-state index in [1.807, 2.05) is 56.0 Å². The molecule has 1 aromatic carbocycles. The third kappa shape index (κ3) is 3.64. The SMILES string of the molecule is CC.[B]/C(C)=C/C=C(\C=C)CN1C(=O)C2(CCCN2)c2ccccc21. The first-order chi connectivity index (χ1) is 12.1. The van der Waals surface area contributed by atoms with Gasteiger partial charge in [0.2, 0.25) is 0 Å². The molecule has 0 saturated carbocycles. The van der Waals surface area contributed by atoms with E-state index in [2.05, 4.69) is 18.0 Å². The van der Waals surface area contributed by atoms with E-state index in [-0.39, 0.29) is 5.91 Å². The number of anilines is 1. The number of hydrogen-bond acceptors (Lipinski definition) is 2. The summed E-state index contributed by atoms with van der Waals surface area (Å²) in [5.74, 6) is 0.136. The van der Waals surface area contributed by atoms with Crippen LogP contribution < -0.4 is 10.2 Å². The number of allylic oxidation sites excluding steroid dienone is 3. The third-order valence-corrected chi connectivity index (χ3v) is 4.58. The van der Waals surface area contributed by atoms with Crippen molar-refractivity contribution < 1.29 is 4.79 Å². The fourth-order valence-corrected chi connectivity index (χ4v) is 3.44. The van der Waals surface area contributed by atoms with Gasteiger partial charge in [0, 0.05) is 11.3 Å². The Balaban J connectivity index is 0.00000109. The van der Waals surface area contributed by atoms with Crippen molar-refractivity contribution in [2.45, 2.75) is 39.2 Å². The van der Waals surface area contributed by atoms with Crippen molar-refractivity contribution in [3.63, 3.8) is 0 Å². The molecule has 1 spiro atoms. The van der Waals surface area contributed by atoms with Gasteiger partial charge >= 0.3 is 0 Å². The van der Waals surface area contributed by atoms with Crippen LogP contribution in [0.1, 0.15) is 39.2 Å². The van der Waals surface area contributed by atoms with Gasteiger partial charge in [0.15, 0.2) is 0 Å². The summed E-state index contributed by atoms with van der Waals surface area (Å²) in [5.41, 5.74) is 3.24. The molecule has 0 aromatic heterocycles.